The van der Waals surface area contributed by atoms with Gasteiger partial charge in [-0.3, -0.25) is 0 Å². The molecule has 3 fully saturated rings. The third kappa shape index (κ3) is 6.67. The molecule has 36 heavy (non-hydrogen) atoms. The lowest BCUT2D eigenvalue weighted by atomic mass is 9.65. The number of allylic oxidation sites excluding steroid dienone is 1. The fourth-order valence-electron chi connectivity index (χ4n) is 7.47. The summed E-state index contributed by atoms with van der Waals surface area (Å²) in [5.41, 5.74) is -1.34. The Bertz CT molecular complexity index is 852. The second-order valence-electron chi connectivity index (χ2n) is 11.7. The molecular weight excluding hydrogens is 464 g/mol. The van der Waals surface area contributed by atoms with Crippen LogP contribution in [0, 0.1) is 41.3 Å². The predicted molar refractivity (Wildman–Crippen MR) is 138 cm³/mol. The smallest absolute Gasteiger partial charge is 0.419 e. The van der Waals surface area contributed by atoms with Crippen LogP contribution in [0.1, 0.15) is 108 Å². The highest BCUT2D eigenvalue weighted by Gasteiger charge is 2.38. The predicted octanol–water partition coefficient (Wildman–Crippen LogP) is 10.1. The molecular formula is C31H44F4O. The Morgan fingerprint density at radius 2 is 1.28 bits per heavy atom. The van der Waals surface area contributed by atoms with E-state index in [0.29, 0.717) is 0 Å². The first kappa shape index (κ1) is 27.5. The minimum atomic E-state index is -4.76. The van der Waals surface area contributed by atoms with Gasteiger partial charge in [0, 0.05) is 0 Å². The van der Waals surface area contributed by atoms with E-state index in [9.17, 15) is 17.6 Å². The van der Waals surface area contributed by atoms with E-state index in [4.69, 9.17) is 4.74 Å². The fraction of sp³-hybridized carbons (Fsp3) is 0.742. The average molecular weight is 509 g/mol. The number of hydrogen-bond donors (Lipinski definition) is 0. The van der Waals surface area contributed by atoms with Crippen molar-refractivity contribution in [2.24, 2.45) is 35.5 Å². The molecule has 0 atom stereocenters. The Balaban J connectivity index is 1.27. The van der Waals surface area contributed by atoms with E-state index in [2.05, 4.69) is 6.92 Å². The van der Waals surface area contributed by atoms with E-state index in [1.807, 2.05) is 6.08 Å². The Kier molecular flexibility index (Phi) is 9.44. The van der Waals surface area contributed by atoms with Crippen LogP contribution in [0.5, 0.6) is 5.75 Å². The van der Waals surface area contributed by atoms with Crippen molar-refractivity contribution in [1.82, 2.24) is 0 Å². The molecule has 0 saturated heterocycles. The van der Waals surface area contributed by atoms with Gasteiger partial charge in [-0.25, -0.2) is 4.39 Å². The van der Waals surface area contributed by atoms with Crippen molar-refractivity contribution in [3.63, 3.8) is 0 Å². The third-order valence-corrected chi connectivity index (χ3v) is 9.71. The highest BCUT2D eigenvalue weighted by Crippen LogP contribution is 2.46. The summed E-state index contributed by atoms with van der Waals surface area (Å²) in [4.78, 5) is 0. The van der Waals surface area contributed by atoms with Gasteiger partial charge < -0.3 is 4.74 Å². The molecule has 0 bridgehead atoms. The van der Waals surface area contributed by atoms with Crippen LogP contribution in [-0.2, 0) is 6.18 Å². The van der Waals surface area contributed by atoms with Gasteiger partial charge in [0.05, 0.1) is 6.61 Å². The van der Waals surface area contributed by atoms with Gasteiger partial charge in [-0.1, -0.05) is 44.4 Å². The maximum atomic E-state index is 14.5. The first-order valence-corrected chi connectivity index (χ1v) is 14.5. The molecule has 1 nitrogen and oxygen atoms in total. The summed E-state index contributed by atoms with van der Waals surface area (Å²) in [5.74, 6) is 3.07. The minimum Gasteiger partial charge on any atom is -0.491 e. The van der Waals surface area contributed by atoms with E-state index < -0.39 is 17.6 Å². The summed E-state index contributed by atoms with van der Waals surface area (Å²) in [7, 11) is 0. The molecule has 0 N–H and O–H groups in total. The van der Waals surface area contributed by atoms with Crippen LogP contribution in [0.15, 0.2) is 18.2 Å². The normalized spacial score (nSPS) is 32.1. The van der Waals surface area contributed by atoms with Crippen LogP contribution in [0.2, 0.25) is 0 Å². The average Bonchev–Trinajstić information content (AvgIpc) is 2.88. The first-order chi connectivity index (χ1) is 17.3. The number of halogens is 4. The van der Waals surface area contributed by atoms with Crippen molar-refractivity contribution in [3.8, 4) is 5.75 Å². The van der Waals surface area contributed by atoms with Crippen LogP contribution < -0.4 is 4.74 Å². The SMILES string of the molecule is CCOc1ccc(/C=C/C2CCC(C3CCC(C4CCC(CC)CC4)CC3)CC2)c(C(F)(F)F)c1F. The van der Waals surface area contributed by atoms with Crippen LogP contribution in [0.3, 0.4) is 0 Å². The third-order valence-electron chi connectivity index (χ3n) is 9.71. The molecule has 0 amide bonds. The molecule has 1 aromatic carbocycles. The number of alkyl halides is 3. The second-order valence-corrected chi connectivity index (χ2v) is 11.7. The molecule has 0 aromatic heterocycles. The van der Waals surface area contributed by atoms with Crippen LogP contribution in [-0.4, -0.2) is 6.61 Å². The Morgan fingerprint density at radius 1 is 0.778 bits per heavy atom. The highest BCUT2D eigenvalue weighted by molar-refractivity contribution is 5.57. The lowest BCUT2D eigenvalue weighted by Crippen LogP contribution is -2.29. The zero-order valence-corrected chi connectivity index (χ0v) is 22.1. The number of ether oxygens (including phenoxy) is 1. The molecule has 0 aliphatic heterocycles. The molecule has 3 aliphatic rings. The van der Waals surface area contributed by atoms with Gasteiger partial charge in [0.1, 0.15) is 5.56 Å². The summed E-state index contributed by atoms with van der Waals surface area (Å²) in [5, 5.41) is 0. The summed E-state index contributed by atoms with van der Waals surface area (Å²) in [6.45, 7) is 4.08. The molecule has 0 heterocycles. The van der Waals surface area contributed by atoms with Crippen molar-refractivity contribution >= 4 is 6.08 Å². The summed E-state index contributed by atoms with van der Waals surface area (Å²) < 4.78 is 60.4. The van der Waals surface area contributed by atoms with Gasteiger partial charge >= 0.3 is 6.18 Å². The molecule has 4 rings (SSSR count). The zero-order valence-electron chi connectivity index (χ0n) is 22.1. The van der Waals surface area contributed by atoms with E-state index in [-0.39, 0.29) is 23.8 Å². The van der Waals surface area contributed by atoms with Gasteiger partial charge in [0.15, 0.2) is 11.6 Å². The van der Waals surface area contributed by atoms with Gasteiger partial charge in [-0.2, -0.15) is 13.2 Å². The van der Waals surface area contributed by atoms with Crippen molar-refractivity contribution in [1.29, 1.82) is 0 Å². The molecule has 1 aromatic rings. The van der Waals surface area contributed by atoms with Gasteiger partial charge in [-0.15, -0.1) is 0 Å². The van der Waals surface area contributed by atoms with Crippen molar-refractivity contribution in [3.05, 3.63) is 35.2 Å². The fourth-order valence-corrected chi connectivity index (χ4v) is 7.47. The Morgan fingerprint density at radius 3 is 1.75 bits per heavy atom. The number of hydrogen-bond acceptors (Lipinski definition) is 1. The topological polar surface area (TPSA) is 9.23 Å². The lowest BCUT2D eigenvalue weighted by molar-refractivity contribution is -0.140. The monoisotopic (exact) mass is 508 g/mol. The zero-order chi connectivity index (χ0) is 25.7. The number of benzene rings is 1. The van der Waals surface area contributed by atoms with Crippen molar-refractivity contribution in [2.75, 3.05) is 6.61 Å². The van der Waals surface area contributed by atoms with E-state index in [1.54, 1.807) is 6.92 Å². The molecule has 5 heteroatoms. The standard InChI is InChI=1S/C31H44F4O/c1-3-21-5-10-23(11-6-21)25-15-17-26(18-16-25)24-12-7-22(8-13-24)9-14-27-19-20-28(36-4-2)30(32)29(27)31(33,34)35/h9,14,19-26H,3-8,10-13,15-18H2,1-2H3/b14-9+. The minimum absolute atomic E-state index is 0.114. The second kappa shape index (κ2) is 12.3. The molecule has 3 aliphatic carbocycles. The van der Waals surface area contributed by atoms with Crippen molar-refractivity contribution < 1.29 is 22.3 Å². The molecule has 0 spiro atoms. The van der Waals surface area contributed by atoms with Crippen molar-refractivity contribution in [2.45, 2.75) is 103 Å². The van der Waals surface area contributed by atoms with Crippen LogP contribution in [0.25, 0.3) is 6.08 Å². The lowest BCUT2D eigenvalue weighted by Gasteiger charge is -2.41. The van der Waals surface area contributed by atoms with Gasteiger partial charge in [-0.05, 0) is 118 Å². The van der Waals surface area contributed by atoms with E-state index in [0.717, 1.165) is 55.3 Å². The summed E-state index contributed by atoms with van der Waals surface area (Å²) in [6, 6.07) is 2.63. The maximum absolute atomic E-state index is 14.5. The van der Waals surface area contributed by atoms with Gasteiger partial charge in [0.2, 0.25) is 0 Å². The Hall–Kier alpha value is -1.52. The number of rotatable bonds is 7. The van der Waals surface area contributed by atoms with Crippen LogP contribution >= 0.6 is 0 Å². The summed E-state index contributed by atoms with van der Waals surface area (Å²) in [6.07, 6.45) is 15.6. The highest BCUT2D eigenvalue weighted by atomic mass is 19.4. The first-order valence-electron chi connectivity index (χ1n) is 14.5. The van der Waals surface area contributed by atoms with Gasteiger partial charge in [0.25, 0.3) is 0 Å². The van der Waals surface area contributed by atoms with E-state index >= 15 is 0 Å². The van der Waals surface area contributed by atoms with E-state index in [1.165, 1.54) is 76.0 Å². The molecule has 0 radical (unpaired) electrons. The molecule has 0 unspecified atom stereocenters. The van der Waals surface area contributed by atoms with Crippen LogP contribution in [0.4, 0.5) is 17.6 Å². The maximum Gasteiger partial charge on any atom is 0.419 e. The molecule has 202 valence electrons. The molecule has 3 saturated carbocycles. The largest absolute Gasteiger partial charge is 0.491 e. The quantitative estimate of drug-likeness (QED) is 0.333. The Labute approximate surface area is 215 Å². The summed E-state index contributed by atoms with van der Waals surface area (Å²) >= 11 is 0.